The van der Waals surface area contributed by atoms with E-state index in [-0.39, 0.29) is 0 Å². The molecule has 0 radical (unpaired) electrons. The van der Waals surface area contributed by atoms with E-state index in [1.54, 1.807) is 0 Å². The zero-order valence-electron chi connectivity index (χ0n) is 10.6. The smallest absolute Gasteiger partial charge is 0.161 e. The Labute approximate surface area is 112 Å². The highest BCUT2D eigenvalue weighted by Crippen LogP contribution is 2.30. The summed E-state index contributed by atoms with van der Waals surface area (Å²) in [4.78, 5) is 9.14. The monoisotopic (exact) mass is 258 g/mol. The van der Waals surface area contributed by atoms with Gasteiger partial charge in [-0.2, -0.15) is 0 Å². The Balaban J connectivity index is 2.15. The van der Waals surface area contributed by atoms with Crippen molar-refractivity contribution in [3.63, 3.8) is 0 Å². The quantitative estimate of drug-likeness (QED) is 0.725. The van der Waals surface area contributed by atoms with Gasteiger partial charge in [-0.25, -0.2) is 9.97 Å². The van der Waals surface area contributed by atoms with Crippen LogP contribution in [0.25, 0.3) is 11.4 Å². The van der Waals surface area contributed by atoms with Crippen molar-refractivity contribution in [3.8, 4) is 11.4 Å². The minimum atomic E-state index is 0.632. The minimum Gasteiger partial charge on any atom is -0.233 e. The molecule has 1 aromatic carbocycles. The van der Waals surface area contributed by atoms with Crippen LogP contribution >= 0.6 is 11.6 Å². The van der Waals surface area contributed by atoms with Gasteiger partial charge >= 0.3 is 0 Å². The molecule has 0 atom stereocenters. The topological polar surface area (TPSA) is 25.8 Å². The van der Waals surface area contributed by atoms with Gasteiger partial charge in [-0.3, -0.25) is 0 Å². The number of fused-ring (bicyclic) bond motifs is 1. The molecule has 0 unspecified atom stereocenters. The summed E-state index contributed by atoms with van der Waals surface area (Å²) in [6.07, 6.45) is 3.18. The Hall–Kier alpha value is -1.41. The van der Waals surface area contributed by atoms with Crippen LogP contribution in [-0.2, 0) is 12.8 Å². The van der Waals surface area contributed by atoms with Crippen LogP contribution in [0.3, 0.4) is 0 Å². The van der Waals surface area contributed by atoms with E-state index in [0.29, 0.717) is 5.15 Å². The molecule has 0 saturated heterocycles. The van der Waals surface area contributed by atoms with Gasteiger partial charge in [0.2, 0.25) is 0 Å². The second kappa shape index (κ2) is 4.36. The summed E-state index contributed by atoms with van der Waals surface area (Å²) in [6, 6.07) is 6.32. The average Bonchev–Trinajstić information content (AvgIpc) is 2.77. The summed E-state index contributed by atoms with van der Waals surface area (Å²) in [7, 11) is 0. The number of hydrogen-bond donors (Lipinski definition) is 0. The molecule has 0 amide bonds. The van der Waals surface area contributed by atoms with E-state index in [1.807, 2.05) is 0 Å². The molecule has 3 heteroatoms. The fourth-order valence-corrected chi connectivity index (χ4v) is 2.86. The fraction of sp³-hybridized carbons (Fsp3) is 0.333. The van der Waals surface area contributed by atoms with Crippen molar-refractivity contribution < 1.29 is 0 Å². The molecule has 2 nitrogen and oxygen atoms in total. The maximum Gasteiger partial charge on any atom is 0.161 e. The SMILES string of the molecule is Cc1ccc(-c2nc(Cl)c3c(n2)CCC3)c(C)c1. The van der Waals surface area contributed by atoms with Gasteiger partial charge in [0.05, 0.1) is 0 Å². The molecule has 0 bridgehead atoms. The Morgan fingerprint density at radius 3 is 2.72 bits per heavy atom. The van der Waals surface area contributed by atoms with Crippen LogP contribution in [0.4, 0.5) is 0 Å². The molecule has 1 aliphatic rings. The Morgan fingerprint density at radius 2 is 1.94 bits per heavy atom. The molecule has 2 aromatic rings. The summed E-state index contributed by atoms with van der Waals surface area (Å²) < 4.78 is 0. The molecular formula is C15H15ClN2. The molecule has 92 valence electrons. The van der Waals surface area contributed by atoms with Crippen LogP contribution in [0.15, 0.2) is 18.2 Å². The second-order valence-electron chi connectivity index (χ2n) is 4.94. The molecule has 0 N–H and O–H groups in total. The maximum atomic E-state index is 6.26. The molecule has 0 saturated carbocycles. The first kappa shape index (κ1) is 11.7. The lowest BCUT2D eigenvalue weighted by Crippen LogP contribution is -1.98. The van der Waals surface area contributed by atoms with E-state index in [2.05, 4.69) is 42.0 Å². The molecule has 0 fully saturated rings. The second-order valence-corrected chi connectivity index (χ2v) is 5.29. The zero-order valence-corrected chi connectivity index (χ0v) is 11.4. The number of aromatic nitrogens is 2. The number of nitrogens with zero attached hydrogens (tertiary/aromatic N) is 2. The van der Waals surface area contributed by atoms with Gasteiger partial charge in [0.15, 0.2) is 5.82 Å². The molecule has 18 heavy (non-hydrogen) atoms. The zero-order chi connectivity index (χ0) is 12.7. The maximum absolute atomic E-state index is 6.26. The largest absolute Gasteiger partial charge is 0.233 e. The van der Waals surface area contributed by atoms with Crippen molar-refractivity contribution >= 4 is 11.6 Å². The highest BCUT2D eigenvalue weighted by atomic mass is 35.5. The lowest BCUT2D eigenvalue weighted by Gasteiger charge is -2.08. The standard InChI is InChI=1S/C15H15ClN2/c1-9-6-7-11(10(2)8-9)15-17-13-5-3-4-12(13)14(16)18-15/h6-8H,3-5H2,1-2H3. The Kier molecular flexibility index (Phi) is 2.83. The van der Waals surface area contributed by atoms with Gasteiger partial charge in [-0.15, -0.1) is 0 Å². The van der Waals surface area contributed by atoms with Crippen molar-refractivity contribution in [2.45, 2.75) is 33.1 Å². The molecular weight excluding hydrogens is 244 g/mol. The van der Waals surface area contributed by atoms with Gasteiger partial charge in [0, 0.05) is 16.8 Å². The first-order valence-electron chi connectivity index (χ1n) is 6.28. The molecule has 1 aromatic heterocycles. The average molecular weight is 259 g/mol. The summed E-state index contributed by atoms with van der Waals surface area (Å²) >= 11 is 6.26. The Bertz CT molecular complexity index is 620. The number of hydrogen-bond acceptors (Lipinski definition) is 2. The molecule has 3 rings (SSSR count). The predicted molar refractivity (Wildman–Crippen MR) is 74.0 cm³/mol. The van der Waals surface area contributed by atoms with E-state index >= 15 is 0 Å². The van der Waals surface area contributed by atoms with E-state index in [0.717, 1.165) is 41.9 Å². The number of rotatable bonds is 1. The van der Waals surface area contributed by atoms with Gasteiger partial charge in [0.25, 0.3) is 0 Å². The highest BCUT2D eigenvalue weighted by molar-refractivity contribution is 6.30. The minimum absolute atomic E-state index is 0.632. The first-order chi connectivity index (χ1) is 8.65. The van der Waals surface area contributed by atoms with Crippen LogP contribution in [0.5, 0.6) is 0 Å². The summed E-state index contributed by atoms with van der Waals surface area (Å²) in [5, 5.41) is 0.632. The van der Waals surface area contributed by atoms with Crippen molar-refractivity contribution in [2.24, 2.45) is 0 Å². The highest BCUT2D eigenvalue weighted by Gasteiger charge is 2.19. The normalized spacial score (nSPS) is 13.7. The van der Waals surface area contributed by atoms with Gasteiger partial charge in [-0.1, -0.05) is 35.4 Å². The van der Waals surface area contributed by atoms with Crippen LogP contribution in [0.2, 0.25) is 5.15 Å². The van der Waals surface area contributed by atoms with Crippen molar-refractivity contribution in [1.29, 1.82) is 0 Å². The molecule has 0 aliphatic heterocycles. The number of benzene rings is 1. The van der Waals surface area contributed by atoms with Crippen LogP contribution < -0.4 is 0 Å². The number of aryl methyl sites for hydroxylation is 3. The van der Waals surface area contributed by atoms with Crippen LogP contribution in [-0.4, -0.2) is 9.97 Å². The van der Waals surface area contributed by atoms with Crippen LogP contribution in [0.1, 0.15) is 28.8 Å². The summed E-state index contributed by atoms with van der Waals surface area (Å²) in [6.45, 7) is 4.18. The van der Waals surface area contributed by atoms with E-state index in [1.165, 1.54) is 11.1 Å². The Morgan fingerprint density at radius 1 is 1.11 bits per heavy atom. The van der Waals surface area contributed by atoms with E-state index < -0.39 is 0 Å². The first-order valence-corrected chi connectivity index (χ1v) is 6.66. The van der Waals surface area contributed by atoms with E-state index in [4.69, 9.17) is 11.6 Å². The van der Waals surface area contributed by atoms with Gasteiger partial charge < -0.3 is 0 Å². The van der Waals surface area contributed by atoms with Gasteiger partial charge in [-0.05, 0) is 38.7 Å². The third-order valence-electron chi connectivity index (χ3n) is 3.51. The van der Waals surface area contributed by atoms with Crippen molar-refractivity contribution in [3.05, 3.63) is 45.7 Å². The van der Waals surface area contributed by atoms with Crippen molar-refractivity contribution in [1.82, 2.24) is 9.97 Å². The molecule has 0 spiro atoms. The molecule has 1 heterocycles. The fourth-order valence-electron chi connectivity index (χ4n) is 2.57. The lowest BCUT2D eigenvalue weighted by atomic mass is 10.1. The lowest BCUT2D eigenvalue weighted by molar-refractivity contribution is 0.900. The molecule has 1 aliphatic carbocycles. The third-order valence-corrected chi connectivity index (χ3v) is 3.82. The number of halogens is 1. The summed E-state index contributed by atoms with van der Waals surface area (Å²) in [5.41, 5.74) is 5.81. The van der Waals surface area contributed by atoms with Gasteiger partial charge in [0.1, 0.15) is 5.15 Å². The predicted octanol–water partition coefficient (Wildman–Crippen LogP) is 3.90. The van der Waals surface area contributed by atoms with Crippen LogP contribution in [0, 0.1) is 13.8 Å². The third kappa shape index (κ3) is 1.91. The van der Waals surface area contributed by atoms with E-state index in [9.17, 15) is 0 Å². The van der Waals surface area contributed by atoms with Crippen molar-refractivity contribution in [2.75, 3.05) is 0 Å². The summed E-state index contributed by atoms with van der Waals surface area (Å²) in [5.74, 6) is 0.762.